The maximum Gasteiger partial charge on any atom is 0.222 e. The van der Waals surface area contributed by atoms with Crippen LogP contribution in [0, 0.1) is 5.92 Å². The van der Waals surface area contributed by atoms with Gasteiger partial charge in [0.1, 0.15) is 0 Å². The van der Waals surface area contributed by atoms with Crippen molar-refractivity contribution in [3.63, 3.8) is 0 Å². The zero-order chi connectivity index (χ0) is 15.6. The zero-order valence-electron chi connectivity index (χ0n) is 13.1. The van der Waals surface area contributed by atoms with Gasteiger partial charge in [-0.3, -0.25) is 9.78 Å². The normalized spacial score (nSPS) is 18.3. The largest absolute Gasteiger partial charge is 0.365 e. The number of piperazine rings is 1. The molecule has 120 valence electrons. The molecule has 0 bridgehead atoms. The molecule has 1 saturated heterocycles. The molecule has 2 aromatic rings. The van der Waals surface area contributed by atoms with Crippen molar-refractivity contribution in [2.45, 2.75) is 19.3 Å². The Morgan fingerprint density at radius 2 is 1.96 bits per heavy atom. The lowest BCUT2D eigenvalue weighted by molar-refractivity contribution is -0.131. The summed E-state index contributed by atoms with van der Waals surface area (Å²) in [6.45, 7) is 3.27. The Morgan fingerprint density at radius 1 is 1.13 bits per heavy atom. The van der Waals surface area contributed by atoms with Gasteiger partial charge in [-0.05, 0) is 30.9 Å². The van der Waals surface area contributed by atoms with Gasteiger partial charge in [0.05, 0.1) is 17.6 Å². The molecule has 3 heterocycles. The number of carbonyl (C=O) groups excluding carboxylic acids is 1. The Balaban J connectivity index is 1.45. The summed E-state index contributed by atoms with van der Waals surface area (Å²) in [5, 5.41) is 4.32. The van der Waals surface area contributed by atoms with Crippen molar-refractivity contribution < 1.29 is 4.79 Å². The predicted molar refractivity (Wildman–Crippen MR) is 87.5 cm³/mol. The average Bonchev–Trinajstić information content (AvgIpc) is 3.24. The molecule has 0 spiro atoms. The minimum Gasteiger partial charge on any atom is -0.365 e. The van der Waals surface area contributed by atoms with Crippen LogP contribution in [0.5, 0.6) is 0 Å². The van der Waals surface area contributed by atoms with Crippen LogP contribution >= 0.6 is 0 Å². The number of pyridine rings is 1. The van der Waals surface area contributed by atoms with Gasteiger partial charge in [0, 0.05) is 51.2 Å². The van der Waals surface area contributed by atoms with E-state index in [9.17, 15) is 4.79 Å². The highest BCUT2D eigenvalue weighted by molar-refractivity contribution is 5.77. The maximum absolute atomic E-state index is 12.2. The molecule has 0 radical (unpaired) electrons. The van der Waals surface area contributed by atoms with Gasteiger partial charge < -0.3 is 9.80 Å². The van der Waals surface area contributed by atoms with E-state index in [1.165, 1.54) is 12.8 Å². The molecule has 2 fully saturated rings. The van der Waals surface area contributed by atoms with Gasteiger partial charge in [-0.2, -0.15) is 5.10 Å². The van der Waals surface area contributed by atoms with E-state index in [1.807, 2.05) is 34.1 Å². The van der Waals surface area contributed by atoms with Crippen LogP contribution in [0.3, 0.4) is 0 Å². The fourth-order valence-corrected chi connectivity index (χ4v) is 3.12. The molecule has 6 nitrogen and oxygen atoms in total. The predicted octanol–water partition coefficient (Wildman–Crippen LogP) is 1.72. The number of amides is 1. The first kappa shape index (κ1) is 14.2. The third-order valence-corrected chi connectivity index (χ3v) is 4.66. The second kappa shape index (κ2) is 6.02. The molecule has 0 atom stereocenters. The summed E-state index contributed by atoms with van der Waals surface area (Å²) in [5.41, 5.74) is 2.10. The van der Waals surface area contributed by atoms with Crippen molar-refractivity contribution in [2.24, 2.45) is 5.92 Å². The van der Waals surface area contributed by atoms with E-state index in [-0.39, 0.29) is 0 Å². The van der Waals surface area contributed by atoms with Crippen molar-refractivity contribution in [3.8, 4) is 5.69 Å². The SMILES string of the molecule is O=C(CC1CC1)N1CCN(c2cnccc2-n2cccn2)CC1. The quantitative estimate of drug-likeness (QED) is 0.863. The van der Waals surface area contributed by atoms with Crippen LogP contribution < -0.4 is 4.90 Å². The van der Waals surface area contributed by atoms with Crippen LogP contribution in [0.1, 0.15) is 19.3 Å². The van der Waals surface area contributed by atoms with Gasteiger partial charge in [0.2, 0.25) is 5.91 Å². The lowest BCUT2D eigenvalue weighted by Gasteiger charge is -2.36. The Labute approximate surface area is 135 Å². The highest BCUT2D eigenvalue weighted by Crippen LogP contribution is 2.33. The molecular weight excluding hydrogens is 290 g/mol. The third-order valence-electron chi connectivity index (χ3n) is 4.66. The number of carbonyl (C=O) groups is 1. The Morgan fingerprint density at radius 3 is 2.65 bits per heavy atom. The first-order chi connectivity index (χ1) is 11.3. The van der Waals surface area contributed by atoms with E-state index < -0.39 is 0 Å². The van der Waals surface area contributed by atoms with Gasteiger partial charge in [-0.25, -0.2) is 4.68 Å². The van der Waals surface area contributed by atoms with E-state index >= 15 is 0 Å². The molecule has 1 aliphatic carbocycles. The summed E-state index contributed by atoms with van der Waals surface area (Å²) in [6.07, 6.45) is 10.6. The van der Waals surface area contributed by atoms with Gasteiger partial charge in [-0.1, -0.05) is 0 Å². The fraction of sp³-hybridized carbons (Fsp3) is 0.471. The molecule has 6 heteroatoms. The Hall–Kier alpha value is -2.37. The molecule has 23 heavy (non-hydrogen) atoms. The van der Waals surface area contributed by atoms with Crippen molar-refractivity contribution in [3.05, 3.63) is 36.9 Å². The Bertz CT molecular complexity index is 672. The van der Waals surface area contributed by atoms with Crippen LogP contribution in [0.4, 0.5) is 5.69 Å². The summed E-state index contributed by atoms with van der Waals surface area (Å²) in [4.78, 5) is 20.8. The van der Waals surface area contributed by atoms with Crippen molar-refractivity contribution in [1.29, 1.82) is 0 Å². The highest BCUT2D eigenvalue weighted by atomic mass is 16.2. The van der Waals surface area contributed by atoms with Crippen LogP contribution in [0.15, 0.2) is 36.9 Å². The van der Waals surface area contributed by atoms with Crippen molar-refractivity contribution in [1.82, 2.24) is 19.7 Å². The summed E-state index contributed by atoms with van der Waals surface area (Å²) in [6, 6.07) is 3.89. The number of anilines is 1. The van der Waals surface area contributed by atoms with Gasteiger partial charge in [0.15, 0.2) is 0 Å². The second-order valence-corrected chi connectivity index (χ2v) is 6.33. The molecule has 0 N–H and O–H groups in total. The first-order valence-corrected chi connectivity index (χ1v) is 8.28. The van der Waals surface area contributed by atoms with Crippen LogP contribution in [-0.4, -0.2) is 51.8 Å². The van der Waals surface area contributed by atoms with E-state index in [4.69, 9.17) is 0 Å². The summed E-state index contributed by atoms with van der Waals surface area (Å²) < 4.78 is 1.86. The molecule has 1 aliphatic heterocycles. The minimum absolute atomic E-state index is 0.325. The van der Waals surface area contributed by atoms with Crippen LogP contribution in [0.2, 0.25) is 0 Å². The molecule has 2 aromatic heterocycles. The highest BCUT2D eigenvalue weighted by Gasteiger charge is 2.29. The molecule has 0 aromatic carbocycles. The maximum atomic E-state index is 12.2. The van der Waals surface area contributed by atoms with Crippen molar-refractivity contribution in [2.75, 3.05) is 31.1 Å². The zero-order valence-corrected chi connectivity index (χ0v) is 13.1. The molecule has 0 unspecified atom stereocenters. The number of aromatic nitrogens is 3. The standard InChI is InChI=1S/C17H21N5O/c23-17(12-14-2-3-14)21-10-8-20(9-11-21)16-13-18-6-4-15(16)22-7-1-5-19-22/h1,4-7,13-14H,2-3,8-12H2. The third kappa shape index (κ3) is 3.06. The van der Waals surface area contributed by atoms with E-state index in [0.717, 1.165) is 44.0 Å². The van der Waals surface area contributed by atoms with Crippen LogP contribution in [0.25, 0.3) is 5.69 Å². The second-order valence-electron chi connectivity index (χ2n) is 6.33. The van der Waals surface area contributed by atoms with Gasteiger partial charge >= 0.3 is 0 Å². The number of rotatable bonds is 4. The Kier molecular flexibility index (Phi) is 3.73. The van der Waals surface area contributed by atoms with E-state index in [1.54, 1.807) is 12.4 Å². The lowest BCUT2D eigenvalue weighted by Crippen LogP contribution is -2.49. The first-order valence-electron chi connectivity index (χ1n) is 8.28. The lowest BCUT2D eigenvalue weighted by atomic mass is 10.2. The van der Waals surface area contributed by atoms with E-state index in [2.05, 4.69) is 15.0 Å². The van der Waals surface area contributed by atoms with E-state index in [0.29, 0.717) is 11.8 Å². The number of hydrogen-bond acceptors (Lipinski definition) is 4. The molecule has 1 saturated carbocycles. The van der Waals surface area contributed by atoms with Gasteiger partial charge in [-0.15, -0.1) is 0 Å². The molecular formula is C17H21N5O. The minimum atomic E-state index is 0.325. The fourth-order valence-electron chi connectivity index (χ4n) is 3.12. The summed E-state index contributed by atoms with van der Waals surface area (Å²) in [5.74, 6) is 0.982. The van der Waals surface area contributed by atoms with Crippen LogP contribution in [-0.2, 0) is 4.79 Å². The number of hydrogen-bond donors (Lipinski definition) is 0. The molecule has 4 rings (SSSR count). The summed E-state index contributed by atoms with van der Waals surface area (Å²) >= 11 is 0. The smallest absolute Gasteiger partial charge is 0.222 e. The summed E-state index contributed by atoms with van der Waals surface area (Å²) in [7, 11) is 0. The topological polar surface area (TPSA) is 54.3 Å². The monoisotopic (exact) mass is 311 g/mol. The number of nitrogens with zero attached hydrogens (tertiary/aromatic N) is 5. The van der Waals surface area contributed by atoms with Gasteiger partial charge in [0.25, 0.3) is 0 Å². The van der Waals surface area contributed by atoms with Crippen molar-refractivity contribution >= 4 is 11.6 Å². The average molecular weight is 311 g/mol. The molecule has 2 aliphatic rings. The molecule has 1 amide bonds.